The lowest BCUT2D eigenvalue weighted by atomic mass is 10.1. The van der Waals surface area contributed by atoms with Gasteiger partial charge in [0.1, 0.15) is 0 Å². The third-order valence-corrected chi connectivity index (χ3v) is 5.48. The third kappa shape index (κ3) is 5.86. The van der Waals surface area contributed by atoms with E-state index in [-0.39, 0.29) is 28.9 Å². The van der Waals surface area contributed by atoms with E-state index in [1.54, 1.807) is 16.1 Å². The fraction of sp³-hybridized carbons (Fsp3) is 0.368. The number of nitrogens with one attached hydrogen (secondary N) is 1. The number of thioether (sulfide) groups is 1. The number of anilines is 1. The Labute approximate surface area is 186 Å². The molecule has 166 valence electrons. The summed E-state index contributed by atoms with van der Waals surface area (Å²) in [5.41, 5.74) is -1.06. The molecule has 7 nitrogen and oxygen atoms in total. The van der Waals surface area contributed by atoms with Gasteiger partial charge in [0.25, 0.3) is 5.91 Å². The topological polar surface area (TPSA) is 78.4 Å². The number of nitrogens with zero attached hydrogens (tertiary/aromatic N) is 4. The van der Waals surface area contributed by atoms with Crippen LogP contribution in [0.3, 0.4) is 0 Å². The van der Waals surface area contributed by atoms with Crippen LogP contribution in [0.2, 0.25) is 5.02 Å². The minimum atomic E-state index is -4.56. The summed E-state index contributed by atoms with van der Waals surface area (Å²) in [6.45, 7) is 1.36. The van der Waals surface area contributed by atoms with Gasteiger partial charge in [0.15, 0.2) is 10.9 Å². The number of para-hydroxylation sites is 1. The van der Waals surface area contributed by atoms with Crippen LogP contribution >= 0.6 is 23.4 Å². The minimum absolute atomic E-state index is 0.0842. The van der Waals surface area contributed by atoms with Crippen molar-refractivity contribution in [2.45, 2.75) is 11.3 Å². The second kappa shape index (κ2) is 9.84. The van der Waals surface area contributed by atoms with Gasteiger partial charge in [-0.1, -0.05) is 35.5 Å². The molecular weight excluding hydrogens is 455 g/mol. The van der Waals surface area contributed by atoms with E-state index in [0.717, 1.165) is 6.07 Å². The van der Waals surface area contributed by atoms with Gasteiger partial charge in [-0.25, -0.2) is 9.97 Å². The number of hydrogen-bond donors (Lipinski definition) is 1. The van der Waals surface area contributed by atoms with E-state index in [1.165, 1.54) is 36.2 Å². The molecule has 31 heavy (non-hydrogen) atoms. The van der Waals surface area contributed by atoms with Crippen molar-refractivity contribution in [3.05, 3.63) is 46.7 Å². The van der Waals surface area contributed by atoms with Crippen molar-refractivity contribution in [2.24, 2.45) is 0 Å². The van der Waals surface area contributed by atoms with Gasteiger partial charge < -0.3 is 10.2 Å². The van der Waals surface area contributed by atoms with Crippen LogP contribution in [-0.4, -0.2) is 70.6 Å². The summed E-state index contributed by atoms with van der Waals surface area (Å²) in [5.74, 6) is -0.883. The van der Waals surface area contributed by atoms with Gasteiger partial charge in [0.2, 0.25) is 5.91 Å². The largest absolute Gasteiger partial charge is 0.418 e. The molecule has 1 aromatic heterocycles. The molecule has 12 heteroatoms. The highest BCUT2D eigenvalue weighted by Crippen LogP contribution is 2.34. The maximum absolute atomic E-state index is 13.1. The number of hydrogen-bond acceptors (Lipinski definition) is 6. The normalized spacial score (nSPS) is 15.1. The zero-order valence-corrected chi connectivity index (χ0v) is 18.0. The molecule has 0 saturated carbocycles. The van der Waals surface area contributed by atoms with Crippen LogP contribution in [0.25, 0.3) is 0 Å². The monoisotopic (exact) mass is 473 g/mol. The summed E-state index contributed by atoms with van der Waals surface area (Å²) >= 11 is 7.35. The van der Waals surface area contributed by atoms with Gasteiger partial charge in [-0.3, -0.25) is 14.5 Å². The van der Waals surface area contributed by atoms with E-state index in [1.807, 2.05) is 0 Å². The second-order valence-electron chi connectivity index (χ2n) is 6.71. The Balaban J connectivity index is 1.56. The molecule has 2 heterocycles. The summed E-state index contributed by atoms with van der Waals surface area (Å²) in [5, 5.41) is 2.92. The lowest BCUT2D eigenvalue weighted by Gasteiger charge is -2.34. The molecule has 3 rings (SSSR count). The minimum Gasteiger partial charge on any atom is -0.335 e. The van der Waals surface area contributed by atoms with E-state index in [0.29, 0.717) is 31.3 Å². The first-order valence-electron chi connectivity index (χ1n) is 9.23. The Hall–Kier alpha value is -2.37. The lowest BCUT2D eigenvalue weighted by molar-refractivity contribution is -0.137. The summed E-state index contributed by atoms with van der Waals surface area (Å²) in [7, 11) is 0. The number of carbonyl (C=O) groups excluding carboxylic acids is 2. The first-order chi connectivity index (χ1) is 14.7. The van der Waals surface area contributed by atoms with E-state index >= 15 is 0 Å². The fourth-order valence-electron chi connectivity index (χ4n) is 3.09. The Bertz CT molecular complexity index is 968. The van der Waals surface area contributed by atoms with Crippen molar-refractivity contribution in [3.8, 4) is 0 Å². The maximum Gasteiger partial charge on any atom is 0.418 e. The molecular formula is C19H19ClF3N5O2S. The number of aromatic nitrogens is 2. The lowest BCUT2D eigenvalue weighted by Crippen LogP contribution is -2.50. The maximum atomic E-state index is 13.1. The van der Waals surface area contributed by atoms with Crippen molar-refractivity contribution in [3.63, 3.8) is 0 Å². The molecule has 1 aromatic carbocycles. The molecule has 0 spiro atoms. The molecule has 1 fully saturated rings. The van der Waals surface area contributed by atoms with Crippen LogP contribution < -0.4 is 5.32 Å². The first kappa shape index (κ1) is 23.3. The standard InChI is InChI=1S/C19H19ClF3N5O2S/c1-31-18-24-10-13(20)16(26-18)17(30)28-8-6-27(7-9-28)11-15(29)25-14-5-3-2-4-12(14)19(21,22)23/h2-5,10H,6-9,11H2,1H3,(H,25,29). The predicted octanol–water partition coefficient (Wildman–Crippen LogP) is 3.27. The second-order valence-corrected chi connectivity index (χ2v) is 7.89. The zero-order valence-electron chi connectivity index (χ0n) is 16.4. The van der Waals surface area contributed by atoms with Gasteiger partial charge in [0.05, 0.1) is 29.0 Å². The zero-order chi connectivity index (χ0) is 22.6. The molecule has 1 N–H and O–H groups in total. The van der Waals surface area contributed by atoms with Crippen molar-refractivity contribution in [1.82, 2.24) is 19.8 Å². The van der Waals surface area contributed by atoms with Crippen molar-refractivity contribution in [1.29, 1.82) is 0 Å². The molecule has 2 amide bonds. The Morgan fingerprint density at radius 2 is 1.87 bits per heavy atom. The highest BCUT2D eigenvalue weighted by molar-refractivity contribution is 7.98. The summed E-state index contributed by atoms with van der Waals surface area (Å²) in [4.78, 5) is 36.5. The third-order valence-electron chi connectivity index (χ3n) is 4.64. The molecule has 1 saturated heterocycles. The molecule has 0 unspecified atom stereocenters. The molecule has 0 radical (unpaired) electrons. The van der Waals surface area contributed by atoms with Crippen LogP contribution in [0.4, 0.5) is 18.9 Å². The van der Waals surface area contributed by atoms with Gasteiger partial charge >= 0.3 is 6.18 Å². The van der Waals surface area contributed by atoms with Gasteiger partial charge in [-0.05, 0) is 18.4 Å². The summed E-state index contributed by atoms with van der Waals surface area (Å²) in [6, 6.07) is 4.82. The predicted molar refractivity (Wildman–Crippen MR) is 111 cm³/mol. The number of amides is 2. The number of alkyl halides is 3. The number of benzene rings is 1. The number of piperazine rings is 1. The van der Waals surface area contributed by atoms with Gasteiger partial charge in [-0.15, -0.1) is 0 Å². The molecule has 1 aliphatic rings. The molecule has 1 aliphatic heterocycles. The van der Waals surface area contributed by atoms with Crippen LogP contribution in [-0.2, 0) is 11.0 Å². The van der Waals surface area contributed by atoms with Crippen LogP contribution in [0.5, 0.6) is 0 Å². The van der Waals surface area contributed by atoms with Crippen molar-refractivity contribution < 1.29 is 22.8 Å². The first-order valence-corrected chi connectivity index (χ1v) is 10.8. The molecule has 0 bridgehead atoms. The van der Waals surface area contributed by atoms with Crippen LogP contribution in [0.15, 0.2) is 35.6 Å². The van der Waals surface area contributed by atoms with Crippen molar-refractivity contribution >= 4 is 40.9 Å². The van der Waals surface area contributed by atoms with Gasteiger partial charge in [-0.2, -0.15) is 13.2 Å². The van der Waals surface area contributed by atoms with Crippen molar-refractivity contribution in [2.75, 3.05) is 44.3 Å². The highest BCUT2D eigenvalue weighted by atomic mass is 35.5. The number of rotatable bonds is 5. The number of halogens is 4. The Kier molecular flexibility index (Phi) is 7.39. The average molecular weight is 474 g/mol. The van der Waals surface area contributed by atoms with E-state index < -0.39 is 17.6 Å². The smallest absolute Gasteiger partial charge is 0.335 e. The van der Waals surface area contributed by atoms with E-state index in [9.17, 15) is 22.8 Å². The highest BCUT2D eigenvalue weighted by Gasteiger charge is 2.34. The van der Waals surface area contributed by atoms with Crippen LogP contribution in [0, 0.1) is 0 Å². The fourth-order valence-corrected chi connectivity index (χ4v) is 3.60. The SMILES string of the molecule is CSc1ncc(Cl)c(C(=O)N2CCN(CC(=O)Nc3ccccc3C(F)(F)F)CC2)n1. The molecule has 2 aromatic rings. The summed E-state index contributed by atoms with van der Waals surface area (Å²) in [6.07, 6.45) is -1.39. The Morgan fingerprint density at radius 3 is 2.52 bits per heavy atom. The average Bonchev–Trinajstić information content (AvgIpc) is 2.74. The Morgan fingerprint density at radius 1 is 1.19 bits per heavy atom. The van der Waals surface area contributed by atoms with Gasteiger partial charge in [0, 0.05) is 26.2 Å². The summed E-state index contributed by atoms with van der Waals surface area (Å²) < 4.78 is 39.2. The number of carbonyl (C=O) groups is 2. The van der Waals surface area contributed by atoms with E-state index in [2.05, 4.69) is 15.3 Å². The molecule has 0 aliphatic carbocycles. The van der Waals surface area contributed by atoms with E-state index in [4.69, 9.17) is 11.6 Å². The molecule has 0 atom stereocenters. The quantitative estimate of drug-likeness (QED) is 0.530. The van der Waals surface area contributed by atoms with Crippen LogP contribution in [0.1, 0.15) is 16.1 Å².